The van der Waals surface area contributed by atoms with Crippen molar-refractivity contribution in [2.45, 2.75) is 26.7 Å². The van der Waals surface area contributed by atoms with Crippen molar-refractivity contribution in [2.75, 3.05) is 45.3 Å². The standard InChI is InChI=1S/C27H31ClN4O3/c1-18-25(14-20-6-8-22(28)9-7-20)26(30-19(2)29-18)31-10-5-11-32(13-12-31)27(33)21-15-23(34-3)17-24(16-21)35-4/h6-9,15-17H,5,10-14H2,1-4H3. The number of carbonyl (C=O) groups excluding carboxylic acids is 1. The highest BCUT2D eigenvalue weighted by Crippen LogP contribution is 2.27. The van der Waals surface area contributed by atoms with E-state index in [1.807, 2.05) is 43.0 Å². The van der Waals surface area contributed by atoms with Gasteiger partial charge in [-0.25, -0.2) is 9.97 Å². The second-order valence-corrected chi connectivity index (χ2v) is 9.13. The minimum atomic E-state index is -0.0273. The van der Waals surface area contributed by atoms with Crippen molar-refractivity contribution >= 4 is 23.3 Å². The van der Waals surface area contributed by atoms with Crippen LogP contribution in [0.5, 0.6) is 11.5 Å². The smallest absolute Gasteiger partial charge is 0.254 e. The topological polar surface area (TPSA) is 67.8 Å². The number of aryl methyl sites for hydroxylation is 2. The number of hydrogen-bond donors (Lipinski definition) is 0. The second-order valence-electron chi connectivity index (χ2n) is 8.70. The summed E-state index contributed by atoms with van der Waals surface area (Å²) in [5.74, 6) is 2.87. The molecule has 2 heterocycles. The van der Waals surface area contributed by atoms with E-state index in [4.69, 9.17) is 26.1 Å². The molecular formula is C27H31ClN4O3. The molecular weight excluding hydrogens is 464 g/mol. The van der Waals surface area contributed by atoms with Gasteiger partial charge >= 0.3 is 0 Å². The molecule has 3 aromatic rings. The average Bonchev–Trinajstić information content (AvgIpc) is 3.12. The number of nitrogens with zero attached hydrogens (tertiary/aromatic N) is 4. The van der Waals surface area contributed by atoms with Crippen LogP contribution >= 0.6 is 11.6 Å². The summed E-state index contributed by atoms with van der Waals surface area (Å²) >= 11 is 6.08. The lowest BCUT2D eigenvalue weighted by Gasteiger charge is -2.26. The van der Waals surface area contributed by atoms with E-state index in [0.29, 0.717) is 36.7 Å². The number of carbonyl (C=O) groups is 1. The first-order valence-electron chi connectivity index (χ1n) is 11.7. The van der Waals surface area contributed by atoms with Crippen LogP contribution in [0.15, 0.2) is 42.5 Å². The van der Waals surface area contributed by atoms with Gasteiger partial charge in [0.25, 0.3) is 5.91 Å². The lowest BCUT2D eigenvalue weighted by atomic mass is 10.0. The molecule has 2 aromatic carbocycles. The summed E-state index contributed by atoms with van der Waals surface area (Å²) < 4.78 is 10.7. The zero-order chi connectivity index (χ0) is 24.9. The number of halogens is 1. The quantitative estimate of drug-likeness (QED) is 0.494. The van der Waals surface area contributed by atoms with E-state index in [-0.39, 0.29) is 5.91 Å². The Morgan fingerprint density at radius 1 is 0.943 bits per heavy atom. The third kappa shape index (κ3) is 5.85. The number of rotatable bonds is 6. The fourth-order valence-electron chi connectivity index (χ4n) is 4.44. The number of aromatic nitrogens is 2. The summed E-state index contributed by atoms with van der Waals surface area (Å²) in [6.45, 7) is 6.73. The maximum Gasteiger partial charge on any atom is 0.254 e. The van der Waals surface area contributed by atoms with Crippen molar-refractivity contribution in [3.8, 4) is 11.5 Å². The number of anilines is 1. The SMILES string of the molecule is COc1cc(OC)cc(C(=O)N2CCCN(c3nc(C)nc(C)c3Cc3ccc(Cl)cc3)CC2)c1. The molecule has 1 aromatic heterocycles. The van der Waals surface area contributed by atoms with Gasteiger partial charge in [0.15, 0.2) is 0 Å². The average molecular weight is 495 g/mol. The van der Waals surface area contributed by atoms with Crippen LogP contribution in [-0.2, 0) is 6.42 Å². The molecule has 184 valence electrons. The van der Waals surface area contributed by atoms with Crippen molar-refractivity contribution in [1.29, 1.82) is 0 Å². The van der Waals surface area contributed by atoms with Gasteiger partial charge in [0.05, 0.1) is 14.2 Å². The maximum atomic E-state index is 13.3. The predicted molar refractivity (Wildman–Crippen MR) is 138 cm³/mol. The highest BCUT2D eigenvalue weighted by atomic mass is 35.5. The Balaban J connectivity index is 1.55. The number of hydrogen-bond acceptors (Lipinski definition) is 6. The lowest BCUT2D eigenvalue weighted by molar-refractivity contribution is 0.0766. The molecule has 0 radical (unpaired) electrons. The van der Waals surface area contributed by atoms with Gasteiger partial charge in [0, 0.05) is 60.5 Å². The molecule has 0 unspecified atom stereocenters. The normalized spacial score (nSPS) is 14.0. The van der Waals surface area contributed by atoms with E-state index in [1.54, 1.807) is 32.4 Å². The fourth-order valence-corrected chi connectivity index (χ4v) is 4.56. The van der Waals surface area contributed by atoms with Gasteiger partial charge in [0.2, 0.25) is 0 Å². The molecule has 0 bridgehead atoms. The molecule has 35 heavy (non-hydrogen) atoms. The predicted octanol–water partition coefficient (Wildman–Crippen LogP) is 4.71. The van der Waals surface area contributed by atoms with Crippen LogP contribution in [0.4, 0.5) is 5.82 Å². The molecule has 0 spiro atoms. The highest BCUT2D eigenvalue weighted by Gasteiger charge is 2.24. The molecule has 0 aliphatic carbocycles. The largest absolute Gasteiger partial charge is 0.497 e. The summed E-state index contributed by atoms with van der Waals surface area (Å²) in [6, 6.07) is 13.2. The van der Waals surface area contributed by atoms with Crippen LogP contribution in [0.2, 0.25) is 5.02 Å². The third-order valence-electron chi connectivity index (χ3n) is 6.28. The molecule has 4 rings (SSSR count). The van der Waals surface area contributed by atoms with Gasteiger partial charge in [0.1, 0.15) is 23.1 Å². The molecule has 0 saturated carbocycles. The van der Waals surface area contributed by atoms with Gasteiger partial charge < -0.3 is 19.3 Å². The molecule has 1 amide bonds. The first-order chi connectivity index (χ1) is 16.9. The Hall–Kier alpha value is -3.32. The van der Waals surface area contributed by atoms with Gasteiger partial charge in [-0.15, -0.1) is 0 Å². The van der Waals surface area contributed by atoms with Crippen molar-refractivity contribution in [1.82, 2.24) is 14.9 Å². The number of benzene rings is 2. The van der Waals surface area contributed by atoms with E-state index in [1.165, 1.54) is 0 Å². The molecule has 1 fully saturated rings. The maximum absolute atomic E-state index is 13.3. The molecule has 7 nitrogen and oxygen atoms in total. The molecule has 0 atom stereocenters. The Labute approximate surface area is 211 Å². The lowest BCUT2D eigenvalue weighted by Crippen LogP contribution is -2.35. The van der Waals surface area contributed by atoms with E-state index >= 15 is 0 Å². The van der Waals surface area contributed by atoms with Crippen LogP contribution in [0.1, 0.15) is 39.4 Å². The van der Waals surface area contributed by atoms with Crippen molar-refractivity contribution in [3.05, 3.63) is 75.7 Å². The fraction of sp³-hybridized carbons (Fsp3) is 0.370. The Morgan fingerprint density at radius 3 is 2.29 bits per heavy atom. The van der Waals surface area contributed by atoms with Crippen LogP contribution < -0.4 is 14.4 Å². The molecule has 0 N–H and O–H groups in total. The monoisotopic (exact) mass is 494 g/mol. The van der Waals surface area contributed by atoms with E-state index < -0.39 is 0 Å². The Bertz CT molecular complexity index is 1180. The van der Waals surface area contributed by atoms with Gasteiger partial charge in [-0.2, -0.15) is 0 Å². The Morgan fingerprint density at radius 2 is 1.63 bits per heavy atom. The van der Waals surface area contributed by atoms with Crippen molar-refractivity contribution in [3.63, 3.8) is 0 Å². The Kier molecular flexibility index (Phi) is 7.76. The van der Waals surface area contributed by atoms with Crippen molar-refractivity contribution in [2.24, 2.45) is 0 Å². The number of amides is 1. The zero-order valence-corrected chi connectivity index (χ0v) is 21.4. The minimum Gasteiger partial charge on any atom is -0.497 e. The molecule has 1 aliphatic heterocycles. The summed E-state index contributed by atoms with van der Waals surface area (Å²) in [5, 5.41) is 0.719. The summed E-state index contributed by atoms with van der Waals surface area (Å²) in [6.07, 6.45) is 1.57. The highest BCUT2D eigenvalue weighted by molar-refractivity contribution is 6.30. The first-order valence-corrected chi connectivity index (χ1v) is 12.1. The molecule has 8 heteroatoms. The van der Waals surface area contributed by atoms with E-state index in [9.17, 15) is 4.79 Å². The van der Waals surface area contributed by atoms with Crippen LogP contribution in [0, 0.1) is 13.8 Å². The summed E-state index contributed by atoms with van der Waals surface area (Å²) in [7, 11) is 3.17. The minimum absolute atomic E-state index is 0.0273. The van der Waals surface area contributed by atoms with Crippen LogP contribution in [-0.4, -0.2) is 61.2 Å². The van der Waals surface area contributed by atoms with Gasteiger partial charge in [-0.3, -0.25) is 4.79 Å². The summed E-state index contributed by atoms with van der Waals surface area (Å²) in [4.78, 5) is 27.0. The summed E-state index contributed by atoms with van der Waals surface area (Å²) in [5.41, 5.74) is 3.80. The van der Waals surface area contributed by atoms with Crippen molar-refractivity contribution < 1.29 is 14.3 Å². The molecule has 1 saturated heterocycles. The van der Waals surface area contributed by atoms with E-state index in [2.05, 4.69) is 9.88 Å². The van der Waals surface area contributed by atoms with E-state index in [0.717, 1.165) is 52.9 Å². The van der Waals surface area contributed by atoms with Gasteiger partial charge in [-0.1, -0.05) is 23.7 Å². The third-order valence-corrected chi connectivity index (χ3v) is 6.53. The number of ether oxygens (including phenoxy) is 2. The molecule has 1 aliphatic rings. The zero-order valence-electron chi connectivity index (χ0n) is 20.7. The van der Waals surface area contributed by atoms with Crippen LogP contribution in [0.25, 0.3) is 0 Å². The van der Waals surface area contributed by atoms with Crippen LogP contribution in [0.3, 0.4) is 0 Å². The second kappa shape index (κ2) is 11.0. The van der Waals surface area contributed by atoms with Gasteiger partial charge in [-0.05, 0) is 50.1 Å². The number of methoxy groups -OCH3 is 2. The first kappa shape index (κ1) is 24.8.